The van der Waals surface area contributed by atoms with Gasteiger partial charge in [0.05, 0.1) is 10.9 Å². The molecule has 0 spiro atoms. The smallest absolute Gasteiger partial charge is 0.262 e. The van der Waals surface area contributed by atoms with E-state index >= 15 is 0 Å². The summed E-state index contributed by atoms with van der Waals surface area (Å²) in [5, 5.41) is 3.01. The van der Waals surface area contributed by atoms with Crippen LogP contribution in [0.3, 0.4) is 0 Å². The first kappa shape index (κ1) is 11.1. The van der Waals surface area contributed by atoms with E-state index in [9.17, 15) is 9.59 Å². The van der Waals surface area contributed by atoms with Gasteiger partial charge in [0.25, 0.3) is 5.56 Å². The Balaban J connectivity index is 2.65. The Hall–Kier alpha value is -2.43. The largest absolute Gasteiger partial charge is 0.292 e. The summed E-state index contributed by atoms with van der Waals surface area (Å²) in [4.78, 5) is 27.4. The van der Waals surface area contributed by atoms with Crippen molar-refractivity contribution in [1.29, 1.82) is 0 Å². The molecule has 1 N–H and O–H groups in total. The molecule has 17 heavy (non-hydrogen) atoms. The van der Waals surface area contributed by atoms with Gasteiger partial charge in [-0.1, -0.05) is 18.7 Å². The highest BCUT2D eigenvalue weighted by molar-refractivity contribution is 5.98. The summed E-state index contributed by atoms with van der Waals surface area (Å²) < 4.78 is 1.30. The minimum absolute atomic E-state index is 0.199. The van der Waals surface area contributed by atoms with Crippen LogP contribution in [-0.2, 0) is 11.8 Å². The lowest BCUT2D eigenvalue weighted by molar-refractivity contribution is -0.111. The van der Waals surface area contributed by atoms with Crippen LogP contribution in [0.15, 0.2) is 41.7 Å². The topological polar surface area (TPSA) is 64.0 Å². The summed E-state index contributed by atoms with van der Waals surface area (Å²) in [6.45, 7) is 3.34. The van der Waals surface area contributed by atoms with Crippen molar-refractivity contribution in [2.75, 3.05) is 5.32 Å². The molecule has 1 heterocycles. The van der Waals surface area contributed by atoms with Gasteiger partial charge >= 0.3 is 0 Å². The number of para-hydroxylation sites is 1. The van der Waals surface area contributed by atoms with Crippen molar-refractivity contribution >= 4 is 22.8 Å². The Morgan fingerprint density at radius 1 is 1.47 bits per heavy atom. The number of amides is 1. The molecule has 1 aromatic heterocycles. The number of anilines is 1. The first-order chi connectivity index (χ1) is 8.13. The van der Waals surface area contributed by atoms with Crippen molar-refractivity contribution in [2.45, 2.75) is 0 Å². The fourth-order valence-electron chi connectivity index (χ4n) is 1.49. The molecule has 5 heteroatoms. The maximum Gasteiger partial charge on any atom is 0.262 e. The van der Waals surface area contributed by atoms with Crippen LogP contribution < -0.4 is 10.9 Å². The Labute approximate surface area is 97.4 Å². The summed E-state index contributed by atoms with van der Waals surface area (Å²) in [7, 11) is 1.56. The molecule has 0 unspecified atom stereocenters. The van der Waals surface area contributed by atoms with Crippen LogP contribution in [0.2, 0.25) is 0 Å². The molecule has 0 radical (unpaired) electrons. The van der Waals surface area contributed by atoms with Gasteiger partial charge in [-0.3, -0.25) is 19.5 Å². The van der Waals surface area contributed by atoms with Crippen LogP contribution >= 0.6 is 0 Å². The molecule has 0 saturated heterocycles. The molecule has 2 aromatic rings. The van der Waals surface area contributed by atoms with Crippen molar-refractivity contribution in [3.05, 3.63) is 47.3 Å². The van der Waals surface area contributed by atoms with E-state index in [0.717, 1.165) is 6.08 Å². The van der Waals surface area contributed by atoms with Crippen molar-refractivity contribution in [3.63, 3.8) is 0 Å². The van der Waals surface area contributed by atoms with E-state index in [2.05, 4.69) is 16.9 Å². The van der Waals surface area contributed by atoms with Crippen molar-refractivity contribution in [1.82, 2.24) is 9.55 Å². The number of hydrogen-bond acceptors (Lipinski definition) is 3. The van der Waals surface area contributed by atoms with Gasteiger partial charge in [-0.15, -0.1) is 0 Å². The van der Waals surface area contributed by atoms with E-state index in [1.165, 1.54) is 4.57 Å². The Kier molecular flexibility index (Phi) is 2.74. The Morgan fingerprint density at radius 3 is 2.88 bits per heavy atom. The summed E-state index contributed by atoms with van der Waals surface area (Å²) in [5.74, 6) is -0.193. The van der Waals surface area contributed by atoms with E-state index in [0.29, 0.717) is 10.9 Å². The summed E-state index contributed by atoms with van der Waals surface area (Å²) in [6, 6.07) is 6.98. The first-order valence-electron chi connectivity index (χ1n) is 5.02. The van der Waals surface area contributed by atoms with Gasteiger partial charge in [-0.2, -0.15) is 0 Å². The fraction of sp³-hybridized carbons (Fsp3) is 0.0833. The minimum Gasteiger partial charge on any atom is -0.292 e. The van der Waals surface area contributed by atoms with Crippen molar-refractivity contribution in [3.8, 4) is 0 Å². The van der Waals surface area contributed by atoms with E-state index in [1.54, 1.807) is 31.3 Å². The second-order valence-corrected chi connectivity index (χ2v) is 3.51. The Bertz CT molecular complexity index is 658. The minimum atomic E-state index is -0.400. The molecule has 1 amide bonds. The third-order valence-electron chi connectivity index (χ3n) is 2.40. The highest BCUT2D eigenvalue weighted by Crippen LogP contribution is 2.09. The maximum absolute atomic E-state index is 12.0. The highest BCUT2D eigenvalue weighted by Gasteiger charge is 2.08. The number of fused-ring (bicyclic) bond motifs is 1. The fourth-order valence-corrected chi connectivity index (χ4v) is 1.49. The zero-order chi connectivity index (χ0) is 12.4. The van der Waals surface area contributed by atoms with Crippen molar-refractivity contribution in [2.24, 2.45) is 7.05 Å². The third-order valence-corrected chi connectivity index (χ3v) is 2.40. The molecule has 0 fully saturated rings. The van der Waals surface area contributed by atoms with Gasteiger partial charge in [-0.25, -0.2) is 4.98 Å². The SMILES string of the molecule is C=CC(=O)Nc1nc2ccccc2c(=O)n1C. The van der Waals surface area contributed by atoms with Crippen LogP contribution in [0.25, 0.3) is 10.9 Å². The number of nitrogens with zero attached hydrogens (tertiary/aromatic N) is 2. The second kappa shape index (κ2) is 4.21. The standard InChI is InChI=1S/C12H11N3O2/c1-3-10(16)14-12-13-9-7-5-4-6-8(9)11(17)15(12)2/h3-7H,1H2,2H3,(H,13,14,16). The monoisotopic (exact) mass is 229 g/mol. The molecular formula is C12H11N3O2. The van der Waals surface area contributed by atoms with Crippen LogP contribution in [-0.4, -0.2) is 15.5 Å². The quantitative estimate of drug-likeness (QED) is 0.783. The number of rotatable bonds is 2. The number of carbonyl (C=O) groups excluding carboxylic acids is 1. The molecule has 86 valence electrons. The summed E-state index contributed by atoms with van der Waals surface area (Å²) >= 11 is 0. The van der Waals surface area contributed by atoms with E-state index in [1.807, 2.05) is 0 Å². The van der Waals surface area contributed by atoms with E-state index < -0.39 is 5.91 Å². The molecule has 5 nitrogen and oxygen atoms in total. The lowest BCUT2D eigenvalue weighted by Gasteiger charge is -2.08. The molecule has 0 bridgehead atoms. The lowest BCUT2D eigenvalue weighted by atomic mass is 10.2. The molecule has 0 aliphatic heterocycles. The number of nitrogens with one attached hydrogen (secondary N) is 1. The Morgan fingerprint density at radius 2 is 2.18 bits per heavy atom. The van der Waals surface area contributed by atoms with Crippen molar-refractivity contribution < 1.29 is 4.79 Å². The maximum atomic E-state index is 12.0. The number of hydrogen-bond donors (Lipinski definition) is 1. The average Bonchev–Trinajstić information content (AvgIpc) is 2.35. The number of aromatic nitrogens is 2. The molecule has 0 saturated carbocycles. The molecule has 0 aliphatic rings. The number of benzene rings is 1. The van der Waals surface area contributed by atoms with Crippen LogP contribution in [0, 0.1) is 0 Å². The molecule has 0 atom stereocenters. The molecule has 2 rings (SSSR count). The lowest BCUT2D eigenvalue weighted by Crippen LogP contribution is -2.24. The predicted octanol–water partition coefficient (Wildman–Crippen LogP) is 1.06. The third kappa shape index (κ3) is 1.94. The molecule has 0 aliphatic carbocycles. The van der Waals surface area contributed by atoms with Crippen LogP contribution in [0.1, 0.15) is 0 Å². The predicted molar refractivity (Wildman–Crippen MR) is 65.8 cm³/mol. The molecular weight excluding hydrogens is 218 g/mol. The normalized spacial score (nSPS) is 10.2. The zero-order valence-electron chi connectivity index (χ0n) is 9.30. The van der Waals surface area contributed by atoms with E-state index in [-0.39, 0.29) is 11.5 Å². The average molecular weight is 229 g/mol. The van der Waals surface area contributed by atoms with Gasteiger partial charge in [0.2, 0.25) is 11.9 Å². The summed E-state index contributed by atoms with van der Waals surface area (Å²) in [5.41, 5.74) is 0.352. The van der Waals surface area contributed by atoms with Gasteiger partial charge in [0.15, 0.2) is 0 Å². The van der Waals surface area contributed by atoms with Crippen LogP contribution in [0.5, 0.6) is 0 Å². The number of carbonyl (C=O) groups is 1. The second-order valence-electron chi connectivity index (χ2n) is 3.51. The van der Waals surface area contributed by atoms with E-state index in [4.69, 9.17) is 0 Å². The van der Waals surface area contributed by atoms with Crippen LogP contribution in [0.4, 0.5) is 5.95 Å². The molecule has 1 aromatic carbocycles. The van der Waals surface area contributed by atoms with Gasteiger partial charge in [-0.05, 0) is 18.2 Å². The van der Waals surface area contributed by atoms with Gasteiger partial charge in [0, 0.05) is 7.05 Å². The van der Waals surface area contributed by atoms with Gasteiger partial charge < -0.3 is 0 Å². The first-order valence-corrected chi connectivity index (χ1v) is 5.02. The van der Waals surface area contributed by atoms with Gasteiger partial charge in [0.1, 0.15) is 0 Å². The zero-order valence-corrected chi connectivity index (χ0v) is 9.30. The highest BCUT2D eigenvalue weighted by atomic mass is 16.2. The summed E-state index contributed by atoms with van der Waals surface area (Å²) in [6.07, 6.45) is 1.13.